The Morgan fingerprint density at radius 3 is 2.67 bits per heavy atom. The van der Waals surface area contributed by atoms with E-state index in [1.54, 1.807) is 6.07 Å². The minimum atomic E-state index is -0.755. The van der Waals surface area contributed by atoms with Crippen molar-refractivity contribution in [2.75, 3.05) is 12.8 Å². The van der Waals surface area contributed by atoms with Crippen LogP contribution in [0.5, 0.6) is 5.75 Å². The minimum absolute atomic E-state index is 0.0275. The second-order valence-corrected chi connectivity index (χ2v) is 4.24. The van der Waals surface area contributed by atoms with Crippen molar-refractivity contribution in [2.45, 2.75) is 6.61 Å². The van der Waals surface area contributed by atoms with E-state index in [2.05, 4.69) is 0 Å². The summed E-state index contributed by atoms with van der Waals surface area (Å²) < 4.78 is 36.6. The third-order valence-corrected chi connectivity index (χ3v) is 2.86. The lowest BCUT2D eigenvalue weighted by Gasteiger charge is -2.09. The first-order chi connectivity index (χ1) is 10.0. The summed E-state index contributed by atoms with van der Waals surface area (Å²) in [6.45, 7) is -0.279. The van der Waals surface area contributed by atoms with Gasteiger partial charge in [-0.3, -0.25) is 0 Å². The van der Waals surface area contributed by atoms with Gasteiger partial charge in [0.25, 0.3) is 0 Å². The molecule has 0 amide bonds. The van der Waals surface area contributed by atoms with E-state index in [9.17, 15) is 13.6 Å². The van der Waals surface area contributed by atoms with Crippen molar-refractivity contribution in [3.05, 3.63) is 59.2 Å². The lowest BCUT2D eigenvalue weighted by Crippen LogP contribution is -2.09. The minimum Gasteiger partial charge on any atom is -0.494 e. The van der Waals surface area contributed by atoms with E-state index in [0.29, 0.717) is 0 Å². The Hall–Kier alpha value is -2.63. The first-order valence-electron chi connectivity index (χ1n) is 6.06. The topological polar surface area (TPSA) is 61.5 Å². The van der Waals surface area contributed by atoms with Gasteiger partial charge in [0, 0.05) is 11.3 Å². The third kappa shape index (κ3) is 3.28. The standard InChI is InChI=1S/C15H13F2NO3/c1-20-13-4-2-3-9(14(13)17)8-21-15(19)11-6-5-10(16)7-12(11)18/h2-7H,8,18H2,1H3. The molecule has 0 heterocycles. The van der Waals surface area contributed by atoms with Crippen LogP contribution in [0.1, 0.15) is 15.9 Å². The normalized spacial score (nSPS) is 10.2. The monoisotopic (exact) mass is 293 g/mol. The molecule has 2 aromatic carbocycles. The molecule has 0 radical (unpaired) electrons. The molecule has 0 bridgehead atoms. The van der Waals surface area contributed by atoms with Crippen LogP contribution in [0.15, 0.2) is 36.4 Å². The maximum absolute atomic E-state index is 13.9. The second kappa shape index (κ2) is 6.21. The van der Waals surface area contributed by atoms with E-state index >= 15 is 0 Å². The number of carbonyl (C=O) groups excluding carboxylic acids is 1. The predicted molar refractivity (Wildman–Crippen MR) is 72.9 cm³/mol. The highest BCUT2D eigenvalue weighted by Gasteiger charge is 2.14. The van der Waals surface area contributed by atoms with Gasteiger partial charge in [-0.15, -0.1) is 0 Å². The Bertz CT molecular complexity index is 674. The van der Waals surface area contributed by atoms with Gasteiger partial charge in [-0.25, -0.2) is 13.6 Å². The van der Waals surface area contributed by atoms with Crippen LogP contribution in [0.3, 0.4) is 0 Å². The van der Waals surface area contributed by atoms with E-state index in [1.807, 2.05) is 0 Å². The summed E-state index contributed by atoms with van der Waals surface area (Å²) in [4.78, 5) is 11.8. The van der Waals surface area contributed by atoms with Crippen molar-refractivity contribution >= 4 is 11.7 Å². The van der Waals surface area contributed by atoms with Gasteiger partial charge in [0.15, 0.2) is 11.6 Å². The number of carbonyl (C=O) groups is 1. The number of ether oxygens (including phenoxy) is 2. The molecule has 0 spiro atoms. The summed E-state index contributed by atoms with van der Waals surface area (Å²) in [6.07, 6.45) is 0. The fraction of sp³-hybridized carbons (Fsp3) is 0.133. The number of hydrogen-bond donors (Lipinski definition) is 1. The molecule has 2 rings (SSSR count). The Labute approximate surface area is 120 Å². The van der Waals surface area contributed by atoms with Gasteiger partial charge in [-0.1, -0.05) is 12.1 Å². The molecule has 2 aromatic rings. The molecule has 0 saturated carbocycles. The summed E-state index contributed by atoms with van der Waals surface area (Å²) in [5, 5.41) is 0. The molecular formula is C15H13F2NO3. The van der Waals surface area contributed by atoms with Gasteiger partial charge in [-0.05, 0) is 24.3 Å². The van der Waals surface area contributed by atoms with E-state index < -0.39 is 17.6 Å². The highest BCUT2D eigenvalue weighted by atomic mass is 19.1. The van der Waals surface area contributed by atoms with Crippen LogP contribution in [0, 0.1) is 11.6 Å². The van der Waals surface area contributed by atoms with E-state index in [4.69, 9.17) is 15.2 Å². The molecule has 0 aliphatic rings. The summed E-state index contributed by atoms with van der Waals surface area (Å²) in [5.74, 6) is -1.85. The molecule has 6 heteroatoms. The Morgan fingerprint density at radius 1 is 1.24 bits per heavy atom. The molecule has 4 nitrogen and oxygen atoms in total. The number of methoxy groups -OCH3 is 1. The molecule has 0 aromatic heterocycles. The first-order valence-corrected chi connectivity index (χ1v) is 6.06. The lowest BCUT2D eigenvalue weighted by molar-refractivity contribution is 0.0469. The summed E-state index contributed by atoms with van der Waals surface area (Å²) in [7, 11) is 1.34. The summed E-state index contributed by atoms with van der Waals surface area (Å²) >= 11 is 0. The van der Waals surface area contributed by atoms with Gasteiger partial charge in [-0.2, -0.15) is 0 Å². The average Bonchev–Trinajstić information content (AvgIpc) is 2.46. The van der Waals surface area contributed by atoms with Crippen LogP contribution >= 0.6 is 0 Å². The number of benzene rings is 2. The number of nitrogens with two attached hydrogens (primary N) is 1. The zero-order valence-electron chi connectivity index (χ0n) is 11.2. The first kappa shape index (κ1) is 14.8. The van der Waals surface area contributed by atoms with Crippen LogP contribution in [-0.2, 0) is 11.3 Å². The Morgan fingerprint density at radius 2 is 2.00 bits per heavy atom. The molecule has 0 atom stereocenters. The molecule has 0 aliphatic carbocycles. The maximum Gasteiger partial charge on any atom is 0.340 e. The van der Waals surface area contributed by atoms with Gasteiger partial charge in [0.2, 0.25) is 0 Å². The van der Waals surface area contributed by atoms with Crippen molar-refractivity contribution in [1.29, 1.82) is 0 Å². The van der Waals surface area contributed by atoms with Crippen molar-refractivity contribution in [3.8, 4) is 5.75 Å². The van der Waals surface area contributed by atoms with E-state index in [0.717, 1.165) is 12.1 Å². The zero-order valence-corrected chi connectivity index (χ0v) is 11.2. The van der Waals surface area contributed by atoms with E-state index in [1.165, 1.54) is 25.3 Å². The molecule has 0 aliphatic heterocycles. The molecule has 21 heavy (non-hydrogen) atoms. The maximum atomic E-state index is 13.9. The van der Waals surface area contributed by atoms with Gasteiger partial charge in [0.1, 0.15) is 12.4 Å². The number of halogens is 2. The highest BCUT2D eigenvalue weighted by molar-refractivity contribution is 5.94. The Kier molecular flexibility index (Phi) is 4.37. The highest BCUT2D eigenvalue weighted by Crippen LogP contribution is 2.21. The smallest absolute Gasteiger partial charge is 0.340 e. The molecule has 0 unspecified atom stereocenters. The molecular weight excluding hydrogens is 280 g/mol. The van der Waals surface area contributed by atoms with Crippen molar-refractivity contribution in [1.82, 2.24) is 0 Å². The van der Waals surface area contributed by atoms with Crippen LogP contribution in [0.4, 0.5) is 14.5 Å². The van der Waals surface area contributed by atoms with Crippen LogP contribution in [0.2, 0.25) is 0 Å². The fourth-order valence-corrected chi connectivity index (χ4v) is 1.77. The number of rotatable bonds is 4. The van der Waals surface area contributed by atoms with Crippen LogP contribution < -0.4 is 10.5 Å². The molecule has 2 N–H and O–H groups in total. The predicted octanol–water partition coefficient (Wildman–Crippen LogP) is 2.91. The summed E-state index contributed by atoms with van der Waals surface area (Å²) in [6, 6.07) is 7.84. The third-order valence-electron chi connectivity index (χ3n) is 2.86. The average molecular weight is 293 g/mol. The zero-order chi connectivity index (χ0) is 15.4. The number of esters is 1. The van der Waals surface area contributed by atoms with Gasteiger partial charge < -0.3 is 15.2 Å². The number of nitrogen functional groups attached to an aromatic ring is 1. The van der Waals surface area contributed by atoms with Crippen LogP contribution in [0.25, 0.3) is 0 Å². The van der Waals surface area contributed by atoms with E-state index in [-0.39, 0.29) is 29.2 Å². The van der Waals surface area contributed by atoms with Crippen LogP contribution in [-0.4, -0.2) is 13.1 Å². The molecule has 0 fully saturated rings. The molecule has 0 saturated heterocycles. The largest absolute Gasteiger partial charge is 0.494 e. The number of hydrogen-bond acceptors (Lipinski definition) is 4. The number of anilines is 1. The van der Waals surface area contributed by atoms with Crippen molar-refractivity contribution in [3.63, 3.8) is 0 Å². The summed E-state index contributed by atoms with van der Waals surface area (Å²) in [5.41, 5.74) is 5.69. The van der Waals surface area contributed by atoms with Crippen molar-refractivity contribution < 1.29 is 23.0 Å². The second-order valence-electron chi connectivity index (χ2n) is 4.24. The van der Waals surface area contributed by atoms with Gasteiger partial charge in [0.05, 0.1) is 12.7 Å². The SMILES string of the molecule is COc1cccc(COC(=O)c2ccc(F)cc2N)c1F. The Balaban J connectivity index is 2.11. The van der Waals surface area contributed by atoms with Gasteiger partial charge >= 0.3 is 5.97 Å². The lowest BCUT2D eigenvalue weighted by atomic mass is 10.2. The fourth-order valence-electron chi connectivity index (χ4n) is 1.77. The quantitative estimate of drug-likeness (QED) is 0.695. The molecule has 110 valence electrons. The van der Waals surface area contributed by atoms with Crippen molar-refractivity contribution in [2.24, 2.45) is 0 Å².